The van der Waals surface area contributed by atoms with Crippen LogP contribution in [0.1, 0.15) is 32.3 Å². The summed E-state index contributed by atoms with van der Waals surface area (Å²) in [4.78, 5) is 12.1. The van der Waals surface area contributed by atoms with Gasteiger partial charge in [-0.25, -0.2) is 0 Å². The van der Waals surface area contributed by atoms with Crippen molar-refractivity contribution in [3.63, 3.8) is 0 Å². The Morgan fingerprint density at radius 2 is 1.88 bits per heavy atom. The summed E-state index contributed by atoms with van der Waals surface area (Å²) in [6.07, 6.45) is 1.93. The van der Waals surface area contributed by atoms with Crippen LogP contribution in [0, 0.1) is 0 Å². The number of nitrogens with one attached hydrogen (secondary N) is 1. The van der Waals surface area contributed by atoms with Gasteiger partial charge in [0.15, 0.2) is 0 Å². The second-order valence-electron chi connectivity index (χ2n) is 4.72. The highest BCUT2D eigenvalue weighted by atomic mass is 79.9. The highest BCUT2D eigenvalue weighted by Gasteiger charge is 2.51. The Balaban J connectivity index is 2.19. The number of halogens is 1. The molecule has 3 heteroatoms. The molecule has 0 saturated heterocycles. The molecule has 0 bridgehead atoms. The van der Waals surface area contributed by atoms with Gasteiger partial charge in [-0.15, -0.1) is 0 Å². The Morgan fingerprint density at radius 1 is 1.31 bits per heavy atom. The van der Waals surface area contributed by atoms with Gasteiger partial charge in [0.25, 0.3) is 0 Å². The van der Waals surface area contributed by atoms with Crippen molar-refractivity contribution in [1.29, 1.82) is 0 Å². The average molecular weight is 282 g/mol. The third-order valence-electron chi connectivity index (χ3n) is 3.00. The van der Waals surface area contributed by atoms with Crippen LogP contribution in [0.3, 0.4) is 0 Å². The van der Waals surface area contributed by atoms with E-state index < -0.39 is 0 Å². The number of hydrogen-bond acceptors (Lipinski definition) is 1. The molecule has 16 heavy (non-hydrogen) atoms. The maximum absolute atomic E-state index is 12.1. The quantitative estimate of drug-likeness (QED) is 0.907. The third kappa shape index (κ3) is 2.14. The van der Waals surface area contributed by atoms with E-state index >= 15 is 0 Å². The van der Waals surface area contributed by atoms with Crippen LogP contribution in [-0.4, -0.2) is 11.9 Å². The van der Waals surface area contributed by atoms with E-state index in [0.29, 0.717) is 0 Å². The molecule has 0 spiro atoms. The van der Waals surface area contributed by atoms with Gasteiger partial charge in [0.2, 0.25) is 5.91 Å². The predicted molar refractivity (Wildman–Crippen MR) is 68.3 cm³/mol. The Bertz CT molecular complexity index is 393. The molecule has 2 rings (SSSR count). The van der Waals surface area contributed by atoms with Gasteiger partial charge in [0.05, 0.1) is 5.41 Å². The summed E-state index contributed by atoms with van der Waals surface area (Å²) >= 11 is 3.41. The highest BCUT2D eigenvalue weighted by molar-refractivity contribution is 9.10. The van der Waals surface area contributed by atoms with E-state index in [2.05, 4.69) is 21.2 Å². The zero-order valence-electron chi connectivity index (χ0n) is 9.59. The van der Waals surface area contributed by atoms with Crippen LogP contribution >= 0.6 is 15.9 Å². The number of rotatable bonds is 3. The fourth-order valence-corrected chi connectivity index (χ4v) is 2.21. The van der Waals surface area contributed by atoms with E-state index in [1.54, 1.807) is 0 Å². The Morgan fingerprint density at radius 3 is 2.31 bits per heavy atom. The lowest BCUT2D eigenvalue weighted by Gasteiger charge is -2.17. The lowest BCUT2D eigenvalue weighted by atomic mass is 9.95. The second kappa shape index (κ2) is 4.21. The minimum Gasteiger partial charge on any atom is -0.353 e. The molecule has 0 radical (unpaired) electrons. The van der Waals surface area contributed by atoms with E-state index in [-0.39, 0.29) is 17.4 Å². The maximum atomic E-state index is 12.1. The molecule has 1 amide bonds. The molecule has 1 aliphatic rings. The summed E-state index contributed by atoms with van der Waals surface area (Å²) in [7, 11) is 0. The number of amides is 1. The zero-order chi connectivity index (χ0) is 11.8. The molecule has 86 valence electrons. The first kappa shape index (κ1) is 11.6. The molecule has 1 N–H and O–H groups in total. The van der Waals surface area contributed by atoms with Crippen LogP contribution in [0.2, 0.25) is 0 Å². The zero-order valence-corrected chi connectivity index (χ0v) is 11.2. The molecular weight excluding hydrogens is 266 g/mol. The topological polar surface area (TPSA) is 29.1 Å². The van der Waals surface area contributed by atoms with Gasteiger partial charge in [-0.3, -0.25) is 4.79 Å². The fraction of sp³-hybridized carbons (Fsp3) is 0.462. The Hall–Kier alpha value is -0.830. The molecule has 0 atom stereocenters. The van der Waals surface area contributed by atoms with E-state index in [0.717, 1.165) is 22.9 Å². The lowest BCUT2D eigenvalue weighted by Crippen LogP contribution is -2.38. The highest BCUT2D eigenvalue weighted by Crippen LogP contribution is 2.48. The fourth-order valence-electron chi connectivity index (χ4n) is 1.94. The van der Waals surface area contributed by atoms with Crippen molar-refractivity contribution in [2.75, 3.05) is 0 Å². The maximum Gasteiger partial charge on any atom is 0.230 e. The van der Waals surface area contributed by atoms with Gasteiger partial charge < -0.3 is 5.32 Å². The SMILES string of the molecule is CC(C)NC(=O)C1(c2ccc(Br)cc2)CC1. The van der Waals surface area contributed by atoms with Crippen LogP contribution in [0.25, 0.3) is 0 Å². The Labute approximate surface area is 105 Å². The first-order valence-electron chi connectivity index (χ1n) is 5.61. The van der Waals surface area contributed by atoms with Gasteiger partial charge in [0, 0.05) is 10.5 Å². The van der Waals surface area contributed by atoms with Crippen LogP contribution in [0.5, 0.6) is 0 Å². The van der Waals surface area contributed by atoms with Crippen LogP contribution in [0.15, 0.2) is 28.7 Å². The molecule has 0 heterocycles. The molecule has 0 aromatic heterocycles. The van der Waals surface area contributed by atoms with E-state index in [4.69, 9.17) is 0 Å². The Kier molecular flexibility index (Phi) is 3.06. The smallest absolute Gasteiger partial charge is 0.230 e. The molecule has 0 unspecified atom stereocenters. The van der Waals surface area contributed by atoms with Gasteiger partial charge in [-0.2, -0.15) is 0 Å². The monoisotopic (exact) mass is 281 g/mol. The summed E-state index contributed by atoms with van der Waals surface area (Å²) in [6.45, 7) is 3.99. The van der Waals surface area contributed by atoms with Crippen molar-refractivity contribution in [2.45, 2.75) is 38.1 Å². The third-order valence-corrected chi connectivity index (χ3v) is 3.53. The molecule has 1 aromatic carbocycles. The summed E-state index contributed by atoms with van der Waals surface area (Å²) in [5, 5.41) is 3.01. The van der Waals surface area contributed by atoms with Gasteiger partial charge in [-0.1, -0.05) is 28.1 Å². The van der Waals surface area contributed by atoms with E-state index in [1.807, 2.05) is 38.1 Å². The molecule has 1 fully saturated rings. The van der Waals surface area contributed by atoms with Crippen LogP contribution in [-0.2, 0) is 10.2 Å². The summed E-state index contributed by atoms with van der Waals surface area (Å²) < 4.78 is 1.05. The molecule has 2 nitrogen and oxygen atoms in total. The predicted octanol–water partition coefficient (Wildman–Crippen LogP) is 3.01. The van der Waals surface area contributed by atoms with Crippen molar-refractivity contribution in [3.05, 3.63) is 34.3 Å². The number of benzene rings is 1. The largest absolute Gasteiger partial charge is 0.353 e. The van der Waals surface area contributed by atoms with Crippen LogP contribution in [0.4, 0.5) is 0 Å². The molecular formula is C13H16BrNO. The van der Waals surface area contributed by atoms with E-state index in [1.165, 1.54) is 0 Å². The number of hydrogen-bond donors (Lipinski definition) is 1. The number of carbonyl (C=O) groups is 1. The summed E-state index contributed by atoms with van der Waals surface area (Å²) in [5.41, 5.74) is 0.888. The van der Waals surface area contributed by atoms with Crippen molar-refractivity contribution in [2.24, 2.45) is 0 Å². The van der Waals surface area contributed by atoms with Crippen LogP contribution < -0.4 is 5.32 Å². The van der Waals surface area contributed by atoms with Gasteiger partial charge in [0.1, 0.15) is 0 Å². The standard InChI is InChI=1S/C13H16BrNO/c1-9(2)15-12(16)13(7-8-13)10-3-5-11(14)6-4-10/h3-6,9H,7-8H2,1-2H3,(H,15,16). The van der Waals surface area contributed by atoms with Crippen molar-refractivity contribution < 1.29 is 4.79 Å². The molecule has 1 aliphatic carbocycles. The first-order valence-corrected chi connectivity index (χ1v) is 6.41. The summed E-state index contributed by atoms with van der Waals surface area (Å²) in [6, 6.07) is 8.28. The number of carbonyl (C=O) groups excluding carboxylic acids is 1. The van der Waals surface area contributed by atoms with Gasteiger partial charge >= 0.3 is 0 Å². The van der Waals surface area contributed by atoms with Crippen molar-refractivity contribution in [1.82, 2.24) is 5.32 Å². The molecule has 1 aromatic rings. The van der Waals surface area contributed by atoms with Gasteiger partial charge in [-0.05, 0) is 44.4 Å². The molecule has 1 saturated carbocycles. The lowest BCUT2D eigenvalue weighted by molar-refractivity contribution is -0.124. The minimum absolute atomic E-state index is 0.171. The van der Waals surface area contributed by atoms with Crippen molar-refractivity contribution in [3.8, 4) is 0 Å². The van der Waals surface area contributed by atoms with E-state index in [9.17, 15) is 4.79 Å². The normalized spacial score (nSPS) is 17.2. The molecule has 0 aliphatic heterocycles. The minimum atomic E-state index is -0.245. The van der Waals surface area contributed by atoms with Crippen molar-refractivity contribution >= 4 is 21.8 Å². The average Bonchev–Trinajstić information content (AvgIpc) is 2.98. The first-order chi connectivity index (χ1) is 7.54. The second-order valence-corrected chi connectivity index (χ2v) is 5.63. The summed E-state index contributed by atoms with van der Waals surface area (Å²) in [5.74, 6) is 0.171.